The Morgan fingerprint density at radius 3 is 2.53 bits per heavy atom. The maximum Gasteiger partial charge on any atom is 0.416 e. The average Bonchev–Trinajstić information content (AvgIpc) is 2.79. The van der Waals surface area contributed by atoms with Crippen molar-refractivity contribution in [3.63, 3.8) is 0 Å². The number of nitrogens with zero attached hydrogens (tertiary/aromatic N) is 2. The third-order valence-electron chi connectivity index (χ3n) is 4.53. The maximum atomic E-state index is 13.8. The molecule has 1 N–H and O–H groups in total. The van der Waals surface area contributed by atoms with Gasteiger partial charge in [-0.05, 0) is 46.3 Å². The fourth-order valence-electron chi connectivity index (χ4n) is 2.82. The molecular formula is C22H16BrF4N3O4. The average molecular weight is 542 g/mol. The van der Waals surface area contributed by atoms with Gasteiger partial charge in [-0.2, -0.15) is 18.3 Å². The van der Waals surface area contributed by atoms with E-state index in [1.807, 2.05) is 0 Å². The molecule has 0 amide bonds. The Kier molecular flexibility index (Phi) is 7.72. The molecule has 0 heterocycles. The molecule has 0 unspecified atom stereocenters. The summed E-state index contributed by atoms with van der Waals surface area (Å²) < 4.78 is 63.8. The van der Waals surface area contributed by atoms with E-state index in [-0.39, 0.29) is 12.3 Å². The molecule has 0 aliphatic rings. The van der Waals surface area contributed by atoms with Gasteiger partial charge < -0.3 is 9.47 Å². The zero-order valence-electron chi connectivity index (χ0n) is 17.4. The van der Waals surface area contributed by atoms with Gasteiger partial charge >= 0.3 is 6.18 Å². The minimum Gasteiger partial charge on any atom is -0.493 e. The zero-order valence-corrected chi connectivity index (χ0v) is 19.0. The van der Waals surface area contributed by atoms with Crippen LogP contribution in [0.2, 0.25) is 0 Å². The van der Waals surface area contributed by atoms with E-state index in [0.29, 0.717) is 39.2 Å². The molecule has 0 saturated carbocycles. The first kappa shape index (κ1) is 25.0. The van der Waals surface area contributed by atoms with E-state index in [2.05, 4.69) is 26.5 Å². The van der Waals surface area contributed by atoms with Gasteiger partial charge in [0.2, 0.25) is 0 Å². The predicted molar refractivity (Wildman–Crippen MR) is 121 cm³/mol. The van der Waals surface area contributed by atoms with Crippen LogP contribution < -0.4 is 14.9 Å². The van der Waals surface area contributed by atoms with Crippen molar-refractivity contribution in [3.05, 3.63) is 91.7 Å². The highest BCUT2D eigenvalue weighted by Crippen LogP contribution is 2.36. The Labute approximate surface area is 199 Å². The topological polar surface area (TPSA) is 86.0 Å². The summed E-state index contributed by atoms with van der Waals surface area (Å²) in [6, 6.07) is 11.3. The van der Waals surface area contributed by atoms with Gasteiger partial charge in [-0.3, -0.25) is 15.5 Å². The molecule has 178 valence electrons. The van der Waals surface area contributed by atoms with Crippen molar-refractivity contribution in [1.29, 1.82) is 0 Å². The number of anilines is 1. The number of hydrogen-bond acceptors (Lipinski definition) is 6. The second-order valence-electron chi connectivity index (χ2n) is 6.76. The summed E-state index contributed by atoms with van der Waals surface area (Å²) in [5, 5.41) is 15.1. The standard InChI is InChI=1S/C22H16BrF4N3O4/c1-33-20-8-14(16(23)10-21(20)34-12-13-4-2-3-5-17(13)24)11-28-29-18-7-6-15(22(25,26)27)9-19(18)30(31)32/h2-11,29H,12H2,1H3/b28-11+. The lowest BCUT2D eigenvalue weighted by Crippen LogP contribution is -2.06. The van der Waals surface area contributed by atoms with Crippen LogP contribution in [-0.2, 0) is 12.8 Å². The van der Waals surface area contributed by atoms with E-state index in [0.717, 1.165) is 6.07 Å². The maximum absolute atomic E-state index is 13.8. The summed E-state index contributed by atoms with van der Waals surface area (Å²) >= 11 is 3.34. The van der Waals surface area contributed by atoms with E-state index in [1.54, 1.807) is 30.3 Å². The van der Waals surface area contributed by atoms with Gasteiger partial charge in [0.15, 0.2) is 11.5 Å². The van der Waals surface area contributed by atoms with Crippen molar-refractivity contribution in [2.45, 2.75) is 12.8 Å². The van der Waals surface area contributed by atoms with Crippen molar-refractivity contribution in [3.8, 4) is 11.5 Å². The van der Waals surface area contributed by atoms with Crippen LogP contribution in [0.1, 0.15) is 16.7 Å². The second-order valence-corrected chi connectivity index (χ2v) is 7.62. The molecule has 0 saturated heterocycles. The van der Waals surface area contributed by atoms with Gasteiger partial charge in [0, 0.05) is 21.7 Å². The van der Waals surface area contributed by atoms with Gasteiger partial charge in [-0.25, -0.2) is 4.39 Å². The van der Waals surface area contributed by atoms with E-state index in [4.69, 9.17) is 9.47 Å². The molecular weight excluding hydrogens is 526 g/mol. The van der Waals surface area contributed by atoms with Gasteiger partial charge in [-0.15, -0.1) is 0 Å². The molecule has 7 nitrogen and oxygen atoms in total. The number of nitrogens with one attached hydrogen (secondary N) is 1. The first-order valence-electron chi connectivity index (χ1n) is 9.48. The number of hydrogen-bond donors (Lipinski definition) is 1. The molecule has 3 aromatic rings. The van der Waals surface area contributed by atoms with Crippen molar-refractivity contribution in [2.24, 2.45) is 5.10 Å². The fourth-order valence-corrected chi connectivity index (χ4v) is 3.24. The number of rotatable bonds is 8. The summed E-state index contributed by atoms with van der Waals surface area (Å²) in [6.07, 6.45) is -3.43. The smallest absolute Gasteiger partial charge is 0.416 e. The van der Waals surface area contributed by atoms with Crippen LogP contribution in [0, 0.1) is 15.9 Å². The van der Waals surface area contributed by atoms with Crippen LogP contribution >= 0.6 is 15.9 Å². The number of hydrazone groups is 1. The highest BCUT2D eigenvalue weighted by Gasteiger charge is 2.33. The fraction of sp³-hybridized carbons (Fsp3) is 0.136. The largest absolute Gasteiger partial charge is 0.493 e. The first-order chi connectivity index (χ1) is 16.1. The van der Waals surface area contributed by atoms with Crippen molar-refractivity contribution in [1.82, 2.24) is 0 Å². The molecule has 0 atom stereocenters. The van der Waals surface area contributed by atoms with E-state index >= 15 is 0 Å². The number of ether oxygens (including phenoxy) is 2. The minimum absolute atomic E-state index is 0.0396. The Bertz CT molecular complexity index is 1240. The summed E-state index contributed by atoms with van der Waals surface area (Å²) in [4.78, 5) is 10.2. The lowest BCUT2D eigenvalue weighted by molar-refractivity contribution is -0.384. The number of halogens is 5. The summed E-state index contributed by atoms with van der Waals surface area (Å²) in [5.74, 6) is 0.218. The zero-order chi connectivity index (χ0) is 24.9. The van der Waals surface area contributed by atoms with Crippen molar-refractivity contribution < 1.29 is 32.0 Å². The van der Waals surface area contributed by atoms with Crippen LogP contribution in [-0.4, -0.2) is 18.2 Å². The quantitative estimate of drug-likeness (QED) is 0.151. The number of nitro groups is 1. The third-order valence-corrected chi connectivity index (χ3v) is 5.22. The molecule has 3 aromatic carbocycles. The van der Waals surface area contributed by atoms with Crippen LogP contribution in [0.25, 0.3) is 0 Å². The molecule has 0 aliphatic heterocycles. The third kappa shape index (κ3) is 6.01. The highest BCUT2D eigenvalue weighted by molar-refractivity contribution is 9.10. The summed E-state index contributed by atoms with van der Waals surface area (Å²) in [6.45, 7) is -0.0396. The molecule has 0 spiro atoms. The molecule has 0 bridgehead atoms. The van der Waals surface area contributed by atoms with E-state index in [9.17, 15) is 27.7 Å². The minimum atomic E-state index is -4.72. The Morgan fingerprint density at radius 1 is 1.15 bits per heavy atom. The first-order valence-corrected chi connectivity index (χ1v) is 10.3. The van der Waals surface area contributed by atoms with Gasteiger partial charge in [0.1, 0.15) is 18.1 Å². The molecule has 3 rings (SSSR count). The lowest BCUT2D eigenvalue weighted by atomic mass is 10.1. The van der Waals surface area contributed by atoms with Crippen molar-refractivity contribution in [2.75, 3.05) is 12.5 Å². The summed E-state index contributed by atoms with van der Waals surface area (Å²) in [5.41, 5.74) is 1.06. The van der Waals surface area contributed by atoms with Crippen LogP contribution in [0.4, 0.5) is 28.9 Å². The molecule has 34 heavy (non-hydrogen) atoms. The SMILES string of the molecule is COc1cc(/C=N/Nc2ccc(C(F)(F)F)cc2[N+](=O)[O-])c(Br)cc1OCc1ccccc1F. The molecule has 0 fully saturated rings. The number of benzene rings is 3. The molecule has 0 radical (unpaired) electrons. The van der Waals surface area contributed by atoms with Crippen LogP contribution in [0.5, 0.6) is 11.5 Å². The van der Waals surface area contributed by atoms with Gasteiger partial charge in [-0.1, -0.05) is 18.2 Å². The predicted octanol–water partition coefficient (Wildman–Crippen LogP) is 6.55. The summed E-state index contributed by atoms with van der Waals surface area (Å²) in [7, 11) is 1.41. The van der Waals surface area contributed by atoms with E-state index < -0.39 is 28.2 Å². The lowest BCUT2D eigenvalue weighted by Gasteiger charge is -2.13. The Balaban J connectivity index is 1.79. The second kappa shape index (κ2) is 10.5. The Hall–Kier alpha value is -3.67. The molecule has 12 heteroatoms. The number of nitro benzene ring substituents is 1. The van der Waals surface area contributed by atoms with Crippen LogP contribution in [0.15, 0.2) is 64.2 Å². The van der Waals surface area contributed by atoms with E-state index in [1.165, 1.54) is 19.4 Å². The monoisotopic (exact) mass is 541 g/mol. The van der Waals surface area contributed by atoms with Gasteiger partial charge in [0.25, 0.3) is 5.69 Å². The number of alkyl halides is 3. The van der Waals surface area contributed by atoms with Crippen LogP contribution in [0.3, 0.4) is 0 Å². The Morgan fingerprint density at radius 2 is 1.88 bits per heavy atom. The highest BCUT2D eigenvalue weighted by atomic mass is 79.9. The normalized spacial score (nSPS) is 11.5. The van der Waals surface area contributed by atoms with Gasteiger partial charge in [0.05, 0.1) is 23.8 Å². The number of methoxy groups -OCH3 is 1. The van der Waals surface area contributed by atoms with Crippen molar-refractivity contribution >= 4 is 33.5 Å². The molecule has 0 aliphatic carbocycles. The molecule has 0 aromatic heterocycles.